The van der Waals surface area contributed by atoms with Gasteiger partial charge in [-0.1, -0.05) is 0 Å². The summed E-state index contributed by atoms with van der Waals surface area (Å²) in [5.74, 6) is 2.25. The first-order chi connectivity index (χ1) is 7.83. The van der Waals surface area contributed by atoms with Gasteiger partial charge < -0.3 is 5.32 Å². The van der Waals surface area contributed by atoms with Crippen molar-refractivity contribution in [2.75, 3.05) is 6.54 Å². The van der Waals surface area contributed by atoms with E-state index in [1.807, 2.05) is 0 Å². The van der Waals surface area contributed by atoms with E-state index in [9.17, 15) is 0 Å². The van der Waals surface area contributed by atoms with Gasteiger partial charge in [0.1, 0.15) is 5.82 Å². The Bertz CT molecular complexity index is 365. The molecule has 1 N–H and O–H groups in total. The Morgan fingerprint density at radius 2 is 2.31 bits per heavy atom. The number of fused-ring (bicyclic) bond motifs is 1. The van der Waals surface area contributed by atoms with Crippen LogP contribution in [0.3, 0.4) is 0 Å². The molecule has 1 saturated heterocycles. The fourth-order valence-electron chi connectivity index (χ4n) is 2.84. The minimum absolute atomic E-state index is 0.543. The van der Waals surface area contributed by atoms with E-state index in [1.165, 1.54) is 31.5 Å². The summed E-state index contributed by atoms with van der Waals surface area (Å²) >= 11 is 0. The second kappa shape index (κ2) is 4.17. The van der Waals surface area contributed by atoms with Gasteiger partial charge in [-0.25, -0.2) is 9.67 Å². The molecule has 4 heteroatoms. The second-order valence-corrected chi connectivity index (χ2v) is 5.13. The van der Waals surface area contributed by atoms with Crippen molar-refractivity contribution in [1.29, 1.82) is 0 Å². The van der Waals surface area contributed by atoms with Crippen molar-refractivity contribution >= 4 is 0 Å². The third-order valence-electron chi connectivity index (χ3n) is 3.78. The van der Waals surface area contributed by atoms with Crippen LogP contribution in [0.4, 0.5) is 0 Å². The summed E-state index contributed by atoms with van der Waals surface area (Å²) in [5.41, 5.74) is 0. The Hall–Kier alpha value is -0.900. The molecule has 2 aliphatic rings. The summed E-state index contributed by atoms with van der Waals surface area (Å²) < 4.78 is 2.15. The zero-order valence-electron chi connectivity index (χ0n) is 9.95. The lowest BCUT2D eigenvalue weighted by Gasteiger charge is -2.18. The van der Waals surface area contributed by atoms with Crippen LogP contribution in [-0.4, -0.2) is 27.4 Å². The highest BCUT2D eigenvalue weighted by Crippen LogP contribution is 2.22. The summed E-state index contributed by atoms with van der Waals surface area (Å²) in [7, 11) is 0. The topological polar surface area (TPSA) is 42.7 Å². The van der Waals surface area contributed by atoms with Gasteiger partial charge in [0.2, 0.25) is 0 Å². The van der Waals surface area contributed by atoms with Crippen molar-refractivity contribution in [3.63, 3.8) is 0 Å². The largest absolute Gasteiger partial charge is 0.314 e. The zero-order valence-corrected chi connectivity index (χ0v) is 9.95. The van der Waals surface area contributed by atoms with Crippen molar-refractivity contribution in [2.24, 2.45) is 0 Å². The molecule has 1 aromatic rings. The summed E-state index contributed by atoms with van der Waals surface area (Å²) in [6.07, 6.45) is 7.20. The number of hydrogen-bond acceptors (Lipinski definition) is 3. The normalized spacial score (nSPS) is 29.3. The fraction of sp³-hybridized carbons (Fsp3) is 0.833. The third-order valence-corrected chi connectivity index (χ3v) is 3.78. The summed E-state index contributed by atoms with van der Waals surface area (Å²) in [6, 6.07) is 1.15. The molecular formula is C12H20N4. The highest BCUT2D eigenvalue weighted by atomic mass is 15.4. The Balaban J connectivity index is 1.75. The quantitative estimate of drug-likeness (QED) is 0.820. The van der Waals surface area contributed by atoms with Gasteiger partial charge in [-0.2, -0.15) is 5.10 Å². The molecule has 16 heavy (non-hydrogen) atoms. The van der Waals surface area contributed by atoms with Crippen LogP contribution in [0.2, 0.25) is 0 Å². The van der Waals surface area contributed by atoms with Gasteiger partial charge in [0.25, 0.3) is 0 Å². The minimum Gasteiger partial charge on any atom is -0.314 e. The highest BCUT2D eigenvalue weighted by Gasteiger charge is 2.22. The number of aromatic nitrogens is 3. The fourth-order valence-corrected chi connectivity index (χ4v) is 2.84. The maximum absolute atomic E-state index is 4.68. The molecule has 3 heterocycles. The van der Waals surface area contributed by atoms with E-state index < -0.39 is 0 Å². The molecule has 0 spiro atoms. The van der Waals surface area contributed by atoms with Crippen LogP contribution in [0.15, 0.2) is 0 Å². The average molecular weight is 220 g/mol. The zero-order chi connectivity index (χ0) is 11.0. The molecule has 3 rings (SSSR count). The predicted octanol–water partition coefficient (Wildman–Crippen LogP) is 1.47. The molecule has 2 atom stereocenters. The average Bonchev–Trinajstić information content (AvgIpc) is 2.88. The molecular weight excluding hydrogens is 200 g/mol. The molecule has 0 aliphatic carbocycles. The molecule has 1 aromatic heterocycles. The monoisotopic (exact) mass is 220 g/mol. The first kappa shape index (κ1) is 10.3. The first-order valence-electron chi connectivity index (χ1n) is 6.50. The standard InChI is InChI=1S/C12H20N4/c1-9-4-2-6-12-14-11(15-16(9)12)8-10-5-3-7-13-10/h9-10,13H,2-8H2,1H3. The molecule has 0 radical (unpaired) electrons. The minimum atomic E-state index is 0.543. The number of nitrogens with one attached hydrogen (secondary N) is 1. The van der Waals surface area contributed by atoms with Gasteiger partial charge in [-0.15, -0.1) is 0 Å². The number of aryl methyl sites for hydroxylation is 1. The van der Waals surface area contributed by atoms with Crippen LogP contribution < -0.4 is 5.32 Å². The van der Waals surface area contributed by atoms with Gasteiger partial charge in [-0.05, 0) is 39.2 Å². The van der Waals surface area contributed by atoms with Crippen LogP contribution in [0.1, 0.15) is 50.3 Å². The van der Waals surface area contributed by atoms with Crippen molar-refractivity contribution in [1.82, 2.24) is 20.1 Å². The second-order valence-electron chi connectivity index (χ2n) is 5.13. The van der Waals surface area contributed by atoms with Crippen LogP contribution in [0.5, 0.6) is 0 Å². The van der Waals surface area contributed by atoms with Crippen molar-refractivity contribution in [3.05, 3.63) is 11.6 Å². The van der Waals surface area contributed by atoms with Gasteiger partial charge in [0.05, 0.1) is 6.04 Å². The van der Waals surface area contributed by atoms with Gasteiger partial charge in [-0.3, -0.25) is 0 Å². The summed E-state index contributed by atoms with van der Waals surface area (Å²) in [6.45, 7) is 3.41. The van der Waals surface area contributed by atoms with Crippen LogP contribution in [-0.2, 0) is 12.8 Å². The Labute approximate surface area is 96.4 Å². The SMILES string of the molecule is CC1CCCc2nc(CC3CCCN3)nn21. The molecule has 0 aromatic carbocycles. The van der Waals surface area contributed by atoms with E-state index in [0.717, 1.165) is 25.2 Å². The lowest BCUT2D eigenvalue weighted by atomic mass is 10.1. The number of hydrogen-bond donors (Lipinski definition) is 1. The van der Waals surface area contributed by atoms with E-state index in [2.05, 4.69) is 27.0 Å². The molecule has 0 amide bonds. The lowest BCUT2D eigenvalue weighted by molar-refractivity contribution is 0.386. The van der Waals surface area contributed by atoms with E-state index in [4.69, 9.17) is 0 Å². The molecule has 2 aliphatic heterocycles. The van der Waals surface area contributed by atoms with Gasteiger partial charge in [0.15, 0.2) is 5.82 Å². The van der Waals surface area contributed by atoms with E-state index in [-0.39, 0.29) is 0 Å². The molecule has 0 saturated carbocycles. The van der Waals surface area contributed by atoms with Crippen molar-refractivity contribution in [2.45, 2.75) is 57.5 Å². The predicted molar refractivity (Wildman–Crippen MR) is 62.4 cm³/mol. The molecule has 1 fully saturated rings. The molecule has 4 nitrogen and oxygen atoms in total. The Kier molecular flexibility index (Phi) is 2.67. The maximum Gasteiger partial charge on any atom is 0.152 e. The van der Waals surface area contributed by atoms with Gasteiger partial charge in [0, 0.05) is 18.9 Å². The maximum atomic E-state index is 4.68. The number of nitrogens with zero attached hydrogens (tertiary/aromatic N) is 3. The summed E-state index contributed by atoms with van der Waals surface area (Å²) in [4.78, 5) is 4.68. The van der Waals surface area contributed by atoms with Crippen LogP contribution >= 0.6 is 0 Å². The smallest absolute Gasteiger partial charge is 0.152 e. The molecule has 2 unspecified atom stereocenters. The lowest BCUT2D eigenvalue weighted by Crippen LogP contribution is -2.24. The third kappa shape index (κ3) is 1.86. The summed E-state index contributed by atoms with van der Waals surface area (Å²) in [5, 5.41) is 8.17. The Morgan fingerprint density at radius 1 is 1.38 bits per heavy atom. The first-order valence-corrected chi connectivity index (χ1v) is 6.50. The van der Waals surface area contributed by atoms with Gasteiger partial charge >= 0.3 is 0 Å². The van der Waals surface area contributed by atoms with E-state index in [1.54, 1.807) is 0 Å². The van der Waals surface area contributed by atoms with Crippen LogP contribution in [0, 0.1) is 0 Å². The van der Waals surface area contributed by atoms with Crippen LogP contribution in [0.25, 0.3) is 0 Å². The van der Waals surface area contributed by atoms with E-state index >= 15 is 0 Å². The van der Waals surface area contributed by atoms with Crippen molar-refractivity contribution in [3.8, 4) is 0 Å². The molecule has 0 bridgehead atoms. The number of rotatable bonds is 2. The highest BCUT2D eigenvalue weighted by molar-refractivity contribution is 5.00. The van der Waals surface area contributed by atoms with Crippen molar-refractivity contribution < 1.29 is 0 Å². The molecule has 88 valence electrons. The van der Waals surface area contributed by atoms with E-state index in [0.29, 0.717) is 12.1 Å². The Morgan fingerprint density at radius 3 is 3.06 bits per heavy atom.